The van der Waals surface area contributed by atoms with E-state index in [0.717, 1.165) is 0 Å². The van der Waals surface area contributed by atoms with Crippen molar-refractivity contribution in [1.82, 2.24) is 0 Å². The van der Waals surface area contributed by atoms with Crippen LogP contribution in [0.3, 0.4) is 0 Å². The van der Waals surface area contributed by atoms with Crippen LogP contribution in [0.2, 0.25) is 0 Å². The van der Waals surface area contributed by atoms with Crippen molar-refractivity contribution in [3.63, 3.8) is 0 Å². The number of rotatable bonds is 9. The maximum absolute atomic E-state index is 11.6. The molecule has 0 aromatic heterocycles. The number of methoxy groups -OCH3 is 1. The van der Waals surface area contributed by atoms with Crippen LogP contribution < -0.4 is 4.74 Å². The molecule has 1 aromatic rings. The van der Waals surface area contributed by atoms with Gasteiger partial charge in [-0.1, -0.05) is 0 Å². The van der Waals surface area contributed by atoms with E-state index in [4.69, 9.17) is 19.5 Å². The standard InChI is InChI=1S/C13H18O6/c1-16-9-10-17-12-5-3-11(4-6-12)13(14)18-7-2-8-19-15/h3-6,15H,2,7-10H2,1H3. The second-order valence-electron chi connectivity index (χ2n) is 3.69. The highest BCUT2D eigenvalue weighted by atomic mass is 17.1. The zero-order chi connectivity index (χ0) is 13.9. The molecule has 6 nitrogen and oxygen atoms in total. The summed E-state index contributed by atoms with van der Waals surface area (Å²) in [4.78, 5) is 15.5. The number of hydrogen-bond donors (Lipinski definition) is 1. The van der Waals surface area contributed by atoms with E-state index in [0.29, 0.717) is 30.9 Å². The van der Waals surface area contributed by atoms with Crippen molar-refractivity contribution < 1.29 is 29.1 Å². The maximum Gasteiger partial charge on any atom is 0.338 e. The van der Waals surface area contributed by atoms with Gasteiger partial charge in [-0.25, -0.2) is 9.68 Å². The number of carbonyl (C=O) groups excluding carboxylic acids is 1. The predicted octanol–water partition coefficient (Wildman–Crippen LogP) is 1.75. The molecule has 0 aliphatic carbocycles. The number of carbonyl (C=O) groups is 1. The Balaban J connectivity index is 2.35. The summed E-state index contributed by atoms with van der Waals surface area (Å²) in [5, 5.41) is 8.10. The molecule has 1 rings (SSSR count). The number of benzene rings is 1. The van der Waals surface area contributed by atoms with Crippen LogP contribution in [-0.2, 0) is 14.4 Å². The first-order chi connectivity index (χ1) is 9.27. The summed E-state index contributed by atoms with van der Waals surface area (Å²) in [6, 6.07) is 6.66. The summed E-state index contributed by atoms with van der Waals surface area (Å²) in [7, 11) is 1.60. The molecular formula is C13H18O6. The molecule has 0 radical (unpaired) electrons. The molecule has 0 unspecified atom stereocenters. The van der Waals surface area contributed by atoms with Gasteiger partial charge in [0, 0.05) is 13.5 Å². The minimum atomic E-state index is -0.415. The molecule has 0 atom stereocenters. The summed E-state index contributed by atoms with van der Waals surface area (Å²) in [6.45, 7) is 1.31. The van der Waals surface area contributed by atoms with Crippen molar-refractivity contribution >= 4 is 5.97 Å². The van der Waals surface area contributed by atoms with Crippen LogP contribution in [0.25, 0.3) is 0 Å². The predicted molar refractivity (Wildman–Crippen MR) is 67.3 cm³/mol. The van der Waals surface area contributed by atoms with E-state index in [-0.39, 0.29) is 13.2 Å². The molecule has 0 aliphatic rings. The third-order valence-corrected chi connectivity index (χ3v) is 2.26. The summed E-state index contributed by atoms with van der Waals surface area (Å²) in [5.74, 6) is 0.253. The summed E-state index contributed by atoms with van der Waals surface area (Å²) in [5.41, 5.74) is 0.448. The van der Waals surface area contributed by atoms with Crippen LogP contribution in [0.5, 0.6) is 5.75 Å². The van der Waals surface area contributed by atoms with E-state index >= 15 is 0 Å². The second kappa shape index (κ2) is 9.32. The lowest BCUT2D eigenvalue weighted by atomic mass is 10.2. The van der Waals surface area contributed by atoms with Crippen LogP contribution >= 0.6 is 0 Å². The largest absolute Gasteiger partial charge is 0.491 e. The topological polar surface area (TPSA) is 74.2 Å². The molecular weight excluding hydrogens is 252 g/mol. The van der Waals surface area contributed by atoms with Gasteiger partial charge in [0.15, 0.2) is 0 Å². The Hall–Kier alpha value is -1.63. The van der Waals surface area contributed by atoms with Gasteiger partial charge in [-0.3, -0.25) is 5.26 Å². The second-order valence-corrected chi connectivity index (χ2v) is 3.69. The van der Waals surface area contributed by atoms with Gasteiger partial charge in [0.25, 0.3) is 0 Å². The van der Waals surface area contributed by atoms with Gasteiger partial charge >= 0.3 is 5.97 Å². The first-order valence-electron chi connectivity index (χ1n) is 5.93. The van der Waals surface area contributed by atoms with Gasteiger partial charge in [-0.05, 0) is 24.3 Å². The Kier molecular flexibility index (Phi) is 7.57. The van der Waals surface area contributed by atoms with E-state index < -0.39 is 5.97 Å². The minimum absolute atomic E-state index is 0.138. The molecule has 106 valence electrons. The average molecular weight is 270 g/mol. The zero-order valence-corrected chi connectivity index (χ0v) is 10.8. The Morgan fingerprint density at radius 3 is 2.47 bits per heavy atom. The first-order valence-corrected chi connectivity index (χ1v) is 5.93. The molecule has 0 amide bonds. The Morgan fingerprint density at radius 2 is 1.84 bits per heavy atom. The van der Waals surface area contributed by atoms with Crippen molar-refractivity contribution in [3.8, 4) is 5.75 Å². The molecule has 6 heteroatoms. The molecule has 0 fully saturated rings. The molecule has 0 saturated carbocycles. The number of ether oxygens (including phenoxy) is 3. The van der Waals surface area contributed by atoms with Gasteiger partial charge in [0.1, 0.15) is 12.4 Å². The quantitative estimate of drug-likeness (QED) is 0.319. The van der Waals surface area contributed by atoms with E-state index in [2.05, 4.69) is 4.89 Å². The van der Waals surface area contributed by atoms with E-state index in [1.54, 1.807) is 31.4 Å². The van der Waals surface area contributed by atoms with Crippen molar-refractivity contribution in [2.75, 3.05) is 33.5 Å². The third-order valence-electron chi connectivity index (χ3n) is 2.26. The SMILES string of the molecule is COCCOc1ccc(C(=O)OCCCOO)cc1. The van der Waals surface area contributed by atoms with Crippen LogP contribution in [0, 0.1) is 0 Å². The van der Waals surface area contributed by atoms with Gasteiger partial charge in [-0.15, -0.1) is 0 Å². The highest BCUT2D eigenvalue weighted by molar-refractivity contribution is 5.89. The molecule has 1 N–H and O–H groups in total. The van der Waals surface area contributed by atoms with Gasteiger partial charge in [-0.2, -0.15) is 0 Å². The van der Waals surface area contributed by atoms with E-state index in [1.165, 1.54) is 0 Å². The first kappa shape index (κ1) is 15.4. The lowest BCUT2D eigenvalue weighted by molar-refractivity contribution is -0.243. The minimum Gasteiger partial charge on any atom is -0.491 e. The average Bonchev–Trinajstić information content (AvgIpc) is 2.44. The van der Waals surface area contributed by atoms with E-state index in [9.17, 15) is 4.79 Å². The third kappa shape index (κ3) is 6.19. The Morgan fingerprint density at radius 1 is 1.11 bits per heavy atom. The van der Waals surface area contributed by atoms with Gasteiger partial charge < -0.3 is 14.2 Å². The molecule has 0 spiro atoms. The van der Waals surface area contributed by atoms with Crippen LogP contribution in [-0.4, -0.2) is 44.8 Å². The molecule has 0 saturated heterocycles. The summed E-state index contributed by atoms with van der Waals surface area (Å²) < 4.78 is 15.2. The van der Waals surface area contributed by atoms with Crippen molar-refractivity contribution in [1.29, 1.82) is 0 Å². The van der Waals surface area contributed by atoms with Crippen molar-refractivity contribution in [2.45, 2.75) is 6.42 Å². The van der Waals surface area contributed by atoms with Crippen LogP contribution in [0.4, 0.5) is 0 Å². The van der Waals surface area contributed by atoms with Crippen molar-refractivity contribution in [3.05, 3.63) is 29.8 Å². The number of esters is 1. The maximum atomic E-state index is 11.6. The van der Waals surface area contributed by atoms with Gasteiger partial charge in [0.2, 0.25) is 0 Å². The smallest absolute Gasteiger partial charge is 0.338 e. The fourth-order valence-electron chi connectivity index (χ4n) is 1.30. The summed E-state index contributed by atoms with van der Waals surface area (Å²) in [6.07, 6.45) is 0.445. The lowest BCUT2D eigenvalue weighted by Gasteiger charge is -2.07. The van der Waals surface area contributed by atoms with Crippen LogP contribution in [0.1, 0.15) is 16.8 Å². The molecule has 1 aromatic carbocycles. The number of hydrogen-bond acceptors (Lipinski definition) is 6. The molecule has 0 heterocycles. The highest BCUT2D eigenvalue weighted by Gasteiger charge is 2.06. The fraction of sp³-hybridized carbons (Fsp3) is 0.462. The molecule has 0 bridgehead atoms. The van der Waals surface area contributed by atoms with E-state index in [1.807, 2.05) is 0 Å². The summed E-state index contributed by atoms with van der Waals surface area (Å²) >= 11 is 0. The van der Waals surface area contributed by atoms with Crippen LogP contribution in [0.15, 0.2) is 24.3 Å². The Labute approximate surface area is 111 Å². The fourth-order valence-corrected chi connectivity index (χ4v) is 1.30. The van der Waals surface area contributed by atoms with Gasteiger partial charge in [0.05, 0.1) is 25.4 Å². The lowest BCUT2D eigenvalue weighted by Crippen LogP contribution is -2.08. The zero-order valence-electron chi connectivity index (χ0n) is 10.8. The molecule has 0 aliphatic heterocycles. The highest BCUT2D eigenvalue weighted by Crippen LogP contribution is 2.13. The normalized spacial score (nSPS) is 10.2. The molecule has 19 heavy (non-hydrogen) atoms. The van der Waals surface area contributed by atoms with Crippen molar-refractivity contribution in [2.24, 2.45) is 0 Å². The monoisotopic (exact) mass is 270 g/mol. The Bertz CT molecular complexity index is 362.